The van der Waals surface area contributed by atoms with Crippen molar-refractivity contribution in [1.82, 2.24) is 25.5 Å². The first-order chi connectivity index (χ1) is 14.0. The minimum atomic E-state index is -0.494. The van der Waals surface area contributed by atoms with E-state index in [9.17, 15) is 4.79 Å². The lowest BCUT2D eigenvalue weighted by molar-refractivity contribution is -0.122. The molecule has 0 spiro atoms. The van der Waals surface area contributed by atoms with E-state index < -0.39 is 5.66 Å². The van der Waals surface area contributed by atoms with E-state index >= 15 is 0 Å². The number of amides is 1. The van der Waals surface area contributed by atoms with Crippen molar-refractivity contribution in [2.24, 2.45) is 0 Å². The second kappa shape index (κ2) is 6.51. The number of hydrogen-bond acceptors (Lipinski definition) is 4. The molecule has 29 heavy (non-hydrogen) atoms. The van der Waals surface area contributed by atoms with Crippen molar-refractivity contribution >= 4 is 22.6 Å². The molecule has 3 aromatic rings. The third-order valence-corrected chi connectivity index (χ3v) is 5.63. The lowest BCUT2D eigenvalue weighted by Crippen LogP contribution is -2.61. The maximum absolute atomic E-state index is 12.8. The van der Waals surface area contributed by atoms with Crippen molar-refractivity contribution in [2.45, 2.75) is 26.1 Å². The lowest BCUT2D eigenvalue weighted by atomic mass is 9.96. The molecular formula is C23H23N5O. The highest BCUT2D eigenvalue weighted by Gasteiger charge is 2.39. The highest BCUT2D eigenvalue weighted by atomic mass is 16.2. The monoisotopic (exact) mass is 385 g/mol. The maximum Gasteiger partial charge on any atom is 0.252 e. The fourth-order valence-electron chi connectivity index (χ4n) is 4.11. The Kier molecular flexibility index (Phi) is 3.94. The summed E-state index contributed by atoms with van der Waals surface area (Å²) in [7, 11) is 0. The smallest absolute Gasteiger partial charge is 0.252 e. The Morgan fingerprint density at radius 2 is 1.97 bits per heavy atom. The highest BCUT2D eigenvalue weighted by Crippen LogP contribution is 2.34. The number of H-pyrrole nitrogens is 1. The Balaban J connectivity index is 1.60. The number of benzene rings is 1. The molecule has 6 heteroatoms. The van der Waals surface area contributed by atoms with E-state index in [0.717, 1.165) is 33.6 Å². The topological polar surface area (TPSA) is 73.0 Å². The summed E-state index contributed by atoms with van der Waals surface area (Å²) in [6, 6.07) is 14.3. The van der Waals surface area contributed by atoms with E-state index in [1.54, 1.807) is 6.20 Å². The van der Waals surface area contributed by atoms with E-state index in [1.807, 2.05) is 44.3 Å². The van der Waals surface area contributed by atoms with Gasteiger partial charge in [0.2, 0.25) is 0 Å². The molecule has 4 heterocycles. The zero-order valence-electron chi connectivity index (χ0n) is 16.5. The van der Waals surface area contributed by atoms with Crippen LogP contribution in [0.3, 0.4) is 0 Å². The second-order valence-corrected chi connectivity index (χ2v) is 7.96. The zero-order chi connectivity index (χ0) is 20.0. The number of carbonyl (C=O) groups is 1. The number of carbonyl (C=O) groups excluding carboxylic acids is 1. The average molecular weight is 385 g/mol. The van der Waals surface area contributed by atoms with Crippen LogP contribution in [-0.4, -0.2) is 33.0 Å². The number of rotatable bonds is 3. The Bertz CT molecular complexity index is 1160. The van der Waals surface area contributed by atoms with Crippen LogP contribution in [0.5, 0.6) is 0 Å². The number of nitrogens with one attached hydrogen (secondary N) is 3. The van der Waals surface area contributed by atoms with Gasteiger partial charge in [-0.15, -0.1) is 0 Å². The molecule has 2 aliphatic rings. The van der Waals surface area contributed by atoms with Crippen LogP contribution >= 0.6 is 0 Å². The van der Waals surface area contributed by atoms with Gasteiger partial charge in [-0.2, -0.15) is 0 Å². The summed E-state index contributed by atoms with van der Waals surface area (Å²) in [5, 5.41) is 7.63. The standard InChI is InChI=1S/C23H23N5O/c1-23(2)27-22(29)18-13-25-19(17-12-26-21-16(17)9-6-10-24-21)11-20(18)28(23)14-15-7-4-3-5-8-15/h3-12,25H,13-14H2,1-2H3,(H,24,26)(H,27,29). The third kappa shape index (κ3) is 2.97. The number of dihydropyridines is 1. The average Bonchev–Trinajstić information content (AvgIpc) is 3.15. The van der Waals surface area contributed by atoms with Gasteiger partial charge in [-0.25, -0.2) is 4.98 Å². The number of aromatic amines is 1. The van der Waals surface area contributed by atoms with Crippen molar-refractivity contribution in [3.05, 3.63) is 83.3 Å². The Hall–Kier alpha value is -3.54. The van der Waals surface area contributed by atoms with Crippen molar-refractivity contribution in [3.8, 4) is 0 Å². The summed E-state index contributed by atoms with van der Waals surface area (Å²) >= 11 is 0. The molecule has 0 radical (unpaired) electrons. The molecule has 0 saturated carbocycles. The third-order valence-electron chi connectivity index (χ3n) is 5.63. The van der Waals surface area contributed by atoms with Crippen molar-refractivity contribution < 1.29 is 4.79 Å². The van der Waals surface area contributed by atoms with Crippen LogP contribution in [0.2, 0.25) is 0 Å². The molecule has 0 saturated heterocycles. The fraction of sp³-hybridized carbons (Fsp3) is 0.217. The molecule has 1 aromatic carbocycles. The summed E-state index contributed by atoms with van der Waals surface area (Å²) in [5.74, 6) is -0.0160. The van der Waals surface area contributed by atoms with Crippen LogP contribution < -0.4 is 10.6 Å². The van der Waals surface area contributed by atoms with Gasteiger partial charge in [0.25, 0.3) is 5.91 Å². The molecule has 1 amide bonds. The Morgan fingerprint density at radius 1 is 1.14 bits per heavy atom. The first-order valence-electron chi connectivity index (χ1n) is 9.78. The highest BCUT2D eigenvalue weighted by molar-refractivity contribution is 5.99. The first kappa shape index (κ1) is 17.6. The van der Waals surface area contributed by atoms with Gasteiger partial charge in [0.15, 0.2) is 0 Å². The van der Waals surface area contributed by atoms with E-state index in [4.69, 9.17) is 0 Å². The van der Waals surface area contributed by atoms with Crippen molar-refractivity contribution in [2.75, 3.05) is 6.54 Å². The Morgan fingerprint density at radius 3 is 2.79 bits per heavy atom. The lowest BCUT2D eigenvalue weighted by Gasteiger charge is -2.47. The van der Waals surface area contributed by atoms with Crippen LogP contribution in [-0.2, 0) is 11.3 Å². The quantitative estimate of drug-likeness (QED) is 0.648. The maximum atomic E-state index is 12.8. The molecule has 0 bridgehead atoms. The molecule has 0 atom stereocenters. The summed E-state index contributed by atoms with van der Waals surface area (Å²) in [4.78, 5) is 22.7. The van der Waals surface area contributed by atoms with Gasteiger partial charge in [0, 0.05) is 42.1 Å². The van der Waals surface area contributed by atoms with Gasteiger partial charge in [0.05, 0.1) is 11.3 Å². The number of allylic oxidation sites excluding steroid dienone is 1. The van der Waals surface area contributed by atoms with Crippen LogP contribution in [0.25, 0.3) is 16.7 Å². The van der Waals surface area contributed by atoms with E-state index in [2.05, 4.69) is 49.8 Å². The second-order valence-electron chi connectivity index (χ2n) is 7.96. The SMILES string of the molecule is CC1(C)NC(=O)C2=C(C=C(c3c[nH]c4ncccc34)NC2)N1Cc1ccccc1. The summed E-state index contributed by atoms with van der Waals surface area (Å²) in [6.45, 7) is 5.29. The van der Waals surface area contributed by atoms with Gasteiger partial charge >= 0.3 is 0 Å². The number of hydrogen-bond donors (Lipinski definition) is 3. The van der Waals surface area contributed by atoms with Crippen molar-refractivity contribution in [1.29, 1.82) is 0 Å². The molecule has 146 valence electrons. The van der Waals surface area contributed by atoms with Crippen molar-refractivity contribution in [3.63, 3.8) is 0 Å². The molecule has 0 fully saturated rings. The molecule has 2 aromatic heterocycles. The first-order valence-corrected chi connectivity index (χ1v) is 9.78. The predicted molar refractivity (Wildman–Crippen MR) is 113 cm³/mol. The van der Waals surface area contributed by atoms with Crippen LogP contribution in [0.4, 0.5) is 0 Å². The molecule has 0 aliphatic carbocycles. The largest absolute Gasteiger partial charge is 0.380 e. The van der Waals surface area contributed by atoms with Gasteiger partial charge in [0.1, 0.15) is 11.3 Å². The molecule has 3 N–H and O–H groups in total. The number of nitrogens with zero attached hydrogens (tertiary/aromatic N) is 2. The molecule has 6 nitrogen and oxygen atoms in total. The molecular weight excluding hydrogens is 362 g/mol. The van der Waals surface area contributed by atoms with Gasteiger partial charge < -0.3 is 20.5 Å². The summed E-state index contributed by atoms with van der Waals surface area (Å²) in [5.41, 5.74) is 5.35. The zero-order valence-corrected chi connectivity index (χ0v) is 16.5. The summed E-state index contributed by atoms with van der Waals surface area (Å²) < 4.78 is 0. The Labute approximate surface area is 169 Å². The minimum absolute atomic E-state index is 0.0160. The molecule has 0 unspecified atom stereocenters. The molecule has 2 aliphatic heterocycles. The predicted octanol–water partition coefficient (Wildman–Crippen LogP) is 3.13. The number of aromatic nitrogens is 2. The van der Waals surface area contributed by atoms with Gasteiger partial charge in [-0.3, -0.25) is 4.79 Å². The minimum Gasteiger partial charge on any atom is -0.380 e. The van der Waals surface area contributed by atoms with Gasteiger partial charge in [-0.05, 0) is 37.6 Å². The fourth-order valence-corrected chi connectivity index (χ4v) is 4.11. The van der Waals surface area contributed by atoms with Crippen LogP contribution in [0.15, 0.2) is 72.2 Å². The van der Waals surface area contributed by atoms with E-state index in [0.29, 0.717) is 13.1 Å². The number of pyridine rings is 1. The van der Waals surface area contributed by atoms with Crippen LogP contribution in [0, 0.1) is 0 Å². The van der Waals surface area contributed by atoms with E-state index in [-0.39, 0.29) is 5.91 Å². The normalized spacial score (nSPS) is 18.2. The number of fused-ring (bicyclic) bond motifs is 1. The van der Waals surface area contributed by atoms with E-state index in [1.165, 1.54) is 5.56 Å². The summed E-state index contributed by atoms with van der Waals surface area (Å²) in [6.07, 6.45) is 5.84. The van der Waals surface area contributed by atoms with Gasteiger partial charge in [-0.1, -0.05) is 30.3 Å². The van der Waals surface area contributed by atoms with Crippen LogP contribution in [0.1, 0.15) is 25.0 Å². The molecule has 5 rings (SSSR count).